The van der Waals surface area contributed by atoms with Gasteiger partial charge in [0, 0.05) is 16.5 Å². The van der Waals surface area contributed by atoms with Crippen molar-refractivity contribution in [1.82, 2.24) is 0 Å². The number of hydrogen-bond donors (Lipinski definition) is 0. The fraction of sp³-hybridized carbons (Fsp3) is 0.200. The molecule has 0 bridgehead atoms. The second-order valence-electron chi connectivity index (χ2n) is 4.72. The van der Waals surface area contributed by atoms with E-state index in [-0.39, 0.29) is 30.2 Å². The molecule has 0 fully saturated rings. The summed E-state index contributed by atoms with van der Waals surface area (Å²) in [6.45, 7) is 4.49. The summed E-state index contributed by atoms with van der Waals surface area (Å²) in [6, 6.07) is 16.5. The van der Waals surface area contributed by atoms with Crippen LogP contribution in [0.3, 0.4) is 0 Å². The second-order valence-corrected chi connectivity index (χ2v) is 4.72. The molecule has 0 aliphatic carbocycles. The smallest absolute Gasteiger partial charge is 0.131 e. The monoisotopic (exact) mass is 282 g/mol. The minimum absolute atomic E-state index is 0. The van der Waals surface area contributed by atoms with Gasteiger partial charge in [0.1, 0.15) is 11.5 Å². The van der Waals surface area contributed by atoms with Gasteiger partial charge in [-0.2, -0.15) is 0 Å². The van der Waals surface area contributed by atoms with Crippen molar-refractivity contribution >= 4 is 24.8 Å². The Labute approximate surface area is 120 Å². The summed E-state index contributed by atoms with van der Waals surface area (Å²) in [7, 11) is 0. The molecule has 1 aliphatic rings. The average molecular weight is 283 g/mol. The number of rotatable bonds is 0. The van der Waals surface area contributed by atoms with E-state index in [1.807, 2.05) is 24.3 Å². The molecule has 0 unspecified atom stereocenters. The van der Waals surface area contributed by atoms with E-state index in [4.69, 9.17) is 4.74 Å². The topological polar surface area (TPSA) is 9.23 Å². The van der Waals surface area contributed by atoms with Gasteiger partial charge < -0.3 is 4.74 Å². The van der Waals surface area contributed by atoms with Gasteiger partial charge in [0.05, 0.1) is 0 Å². The number of ether oxygens (including phenoxy) is 1. The largest absolute Gasteiger partial charge is 0.457 e. The van der Waals surface area contributed by atoms with E-state index in [0.717, 1.165) is 11.5 Å². The van der Waals surface area contributed by atoms with Gasteiger partial charge in [-0.3, -0.25) is 0 Å². The molecule has 0 spiro atoms. The number of hydrogen-bond acceptors (Lipinski definition) is 1. The van der Waals surface area contributed by atoms with Crippen LogP contribution in [0.2, 0.25) is 0 Å². The summed E-state index contributed by atoms with van der Waals surface area (Å²) in [5, 5.41) is 0. The van der Waals surface area contributed by atoms with Gasteiger partial charge in [-0.15, -0.1) is 24.8 Å². The minimum atomic E-state index is 0. The molecular formula is C15H16Cl2O. The summed E-state index contributed by atoms with van der Waals surface area (Å²) < 4.78 is 5.91. The molecule has 1 heterocycles. The molecule has 1 nitrogen and oxygen atoms in total. The predicted molar refractivity (Wildman–Crippen MR) is 79.6 cm³/mol. The molecule has 0 aromatic heterocycles. The summed E-state index contributed by atoms with van der Waals surface area (Å²) >= 11 is 0. The first kappa shape index (κ1) is 14.9. The number of para-hydroxylation sites is 2. The quantitative estimate of drug-likeness (QED) is 0.664. The van der Waals surface area contributed by atoms with Crippen LogP contribution in [0.15, 0.2) is 48.5 Å². The molecule has 0 N–H and O–H groups in total. The highest BCUT2D eigenvalue weighted by Crippen LogP contribution is 2.47. The lowest BCUT2D eigenvalue weighted by Crippen LogP contribution is -2.23. The summed E-state index contributed by atoms with van der Waals surface area (Å²) in [6.07, 6.45) is 0. The van der Waals surface area contributed by atoms with Crippen LogP contribution >= 0.6 is 24.8 Å². The van der Waals surface area contributed by atoms with Crippen LogP contribution in [-0.4, -0.2) is 0 Å². The van der Waals surface area contributed by atoms with Crippen molar-refractivity contribution in [2.75, 3.05) is 0 Å². The Hall–Kier alpha value is -1.18. The Morgan fingerprint density at radius 3 is 1.56 bits per heavy atom. The molecule has 2 aromatic carbocycles. The molecule has 0 saturated carbocycles. The lowest BCUT2D eigenvalue weighted by molar-refractivity contribution is 0.418. The van der Waals surface area contributed by atoms with E-state index in [0.29, 0.717) is 0 Å². The van der Waals surface area contributed by atoms with E-state index >= 15 is 0 Å². The molecular weight excluding hydrogens is 267 g/mol. The number of fused-ring (bicyclic) bond motifs is 2. The van der Waals surface area contributed by atoms with Crippen molar-refractivity contribution in [3.05, 3.63) is 59.7 Å². The van der Waals surface area contributed by atoms with E-state index in [1.54, 1.807) is 0 Å². The molecule has 2 aromatic rings. The van der Waals surface area contributed by atoms with Gasteiger partial charge in [-0.25, -0.2) is 0 Å². The van der Waals surface area contributed by atoms with Crippen molar-refractivity contribution in [3.8, 4) is 11.5 Å². The van der Waals surface area contributed by atoms with Crippen LogP contribution in [-0.2, 0) is 5.41 Å². The highest BCUT2D eigenvalue weighted by atomic mass is 35.5. The zero-order chi connectivity index (χ0) is 11.2. The average Bonchev–Trinajstić information content (AvgIpc) is 2.29. The lowest BCUT2D eigenvalue weighted by Gasteiger charge is -2.34. The van der Waals surface area contributed by atoms with Crippen LogP contribution in [0.5, 0.6) is 11.5 Å². The van der Waals surface area contributed by atoms with Crippen molar-refractivity contribution in [2.45, 2.75) is 19.3 Å². The fourth-order valence-corrected chi connectivity index (χ4v) is 2.41. The highest BCUT2D eigenvalue weighted by Gasteiger charge is 2.33. The summed E-state index contributed by atoms with van der Waals surface area (Å²) in [5.74, 6) is 1.96. The van der Waals surface area contributed by atoms with E-state index in [1.165, 1.54) is 11.1 Å². The standard InChI is InChI=1S/C15H14O.2ClH/c1-15(2)11-7-3-5-9-13(11)16-14-10-6-4-8-12(14)15;;/h3-10H,1-2H3;2*1H. The Balaban J connectivity index is 0.000000810. The zero-order valence-corrected chi connectivity index (χ0v) is 12.0. The number of halogens is 2. The Morgan fingerprint density at radius 1 is 0.722 bits per heavy atom. The summed E-state index contributed by atoms with van der Waals surface area (Å²) in [5.41, 5.74) is 2.54. The minimum Gasteiger partial charge on any atom is -0.457 e. The van der Waals surface area contributed by atoms with Gasteiger partial charge in [0.2, 0.25) is 0 Å². The predicted octanol–water partition coefficient (Wildman–Crippen LogP) is 4.96. The Morgan fingerprint density at radius 2 is 1.11 bits per heavy atom. The molecule has 0 amide bonds. The van der Waals surface area contributed by atoms with Crippen LogP contribution in [0.25, 0.3) is 0 Å². The van der Waals surface area contributed by atoms with Crippen molar-refractivity contribution in [1.29, 1.82) is 0 Å². The first-order chi connectivity index (χ1) is 7.69. The first-order valence-electron chi connectivity index (χ1n) is 5.56. The SMILES string of the molecule is CC1(C)c2ccccc2Oc2ccccc21.Cl.Cl. The molecule has 96 valence electrons. The molecule has 1 aliphatic heterocycles. The molecule has 18 heavy (non-hydrogen) atoms. The van der Waals surface area contributed by atoms with Crippen LogP contribution < -0.4 is 4.74 Å². The molecule has 0 atom stereocenters. The molecule has 3 heteroatoms. The third-order valence-corrected chi connectivity index (χ3v) is 3.34. The van der Waals surface area contributed by atoms with E-state index in [9.17, 15) is 0 Å². The zero-order valence-electron chi connectivity index (χ0n) is 10.3. The molecule has 0 radical (unpaired) electrons. The number of benzene rings is 2. The van der Waals surface area contributed by atoms with Crippen LogP contribution in [0.4, 0.5) is 0 Å². The maximum Gasteiger partial charge on any atom is 0.131 e. The lowest BCUT2D eigenvalue weighted by atomic mass is 9.76. The van der Waals surface area contributed by atoms with Gasteiger partial charge >= 0.3 is 0 Å². The Kier molecular flexibility index (Phi) is 4.31. The first-order valence-corrected chi connectivity index (χ1v) is 5.56. The second kappa shape index (κ2) is 5.21. The fourth-order valence-electron chi connectivity index (χ4n) is 2.41. The van der Waals surface area contributed by atoms with E-state index in [2.05, 4.69) is 38.1 Å². The third-order valence-electron chi connectivity index (χ3n) is 3.34. The molecule has 0 saturated heterocycles. The van der Waals surface area contributed by atoms with Gasteiger partial charge in [-0.05, 0) is 12.1 Å². The molecule has 3 rings (SSSR count). The maximum atomic E-state index is 5.91. The van der Waals surface area contributed by atoms with Gasteiger partial charge in [-0.1, -0.05) is 50.2 Å². The summed E-state index contributed by atoms with van der Waals surface area (Å²) in [4.78, 5) is 0. The van der Waals surface area contributed by atoms with Crippen molar-refractivity contribution in [3.63, 3.8) is 0 Å². The van der Waals surface area contributed by atoms with Crippen LogP contribution in [0, 0.1) is 0 Å². The van der Waals surface area contributed by atoms with Crippen molar-refractivity contribution in [2.24, 2.45) is 0 Å². The third kappa shape index (κ3) is 2.09. The van der Waals surface area contributed by atoms with E-state index < -0.39 is 0 Å². The maximum absolute atomic E-state index is 5.91. The Bertz CT molecular complexity index is 502. The highest BCUT2D eigenvalue weighted by molar-refractivity contribution is 5.85. The van der Waals surface area contributed by atoms with Gasteiger partial charge in [0.15, 0.2) is 0 Å². The van der Waals surface area contributed by atoms with Crippen LogP contribution in [0.1, 0.15) is 25.0 Å². The van der Waals surface area contributed by atoms with Crippen molar-refractivity contribution < 1.29 is 4.74 Å². The van der Waals surface area contributed by atoms with Gasteiger partial charge in [0.25, 0.3) is 0 Å². The normalized spacial score (nSPS) is 14.1.